The Bertz CT molecular complexity index is 485. The van der Waals surface area contributed by atoms with E-state index in [-0.39, 0.29) is 23.9 Å². The van der Waals surface area contributed by atoms with Crippen LogP contribution in [0.2, 0.25) is 5.02 Å². The fourth-order valence-corrected chi connectivity index (χ4v) is 2.20. The van der Waals surface area contributed by atoms with Crippen molar-refractivity contribution in [2.75, 3.05) is 25.4 Å². The Labute approximate surface area is 130 Å². The zero-order chi connectivity index (χ0) is 15.8. The number of carbonyl (C=O) groups excluding carboxylic acids is 2. The maximum Gasteiger partial charge on any atom is 0.257 e. The highest BCUT2D eigenvalue weighted by Crippen LogP contribution is 2.23. The van der Waals surface area contributed by atoms with E-state index in [1.54, 1.807) is 18.2 Å². The lowest BCUT2D eigenvalue weighted by Crippen LogP contribution is -2.41. The van der Waals surface area contributed by atoms with Crippen LogP contribution in [0, 0.1) is 0 Å². The van der Waals surface area contributed by atoms with Gasteiger partial charge in [0, 0.05) is 18.8 Å². The standard InChI is InChI=1S/C15H22ClN3O2/c1-3-8-18-13(20)10-19(9-4-2)15(21)14-11(16)6-5-7-12(14)17/h5-7H,3-4,8-10,17H2,1-2H3,(H,18,20). The van der Waals surface area contributed by atoms with E-state index in [4.69, 9.17) is 17.3 Å². The van der Waals surface area contributed by atoms with Crippen molar-refractivity contribution in [2.24, 2.45) is 0 Å². The van der Waals surface area contributed by atoms with Crippen LogP contribution in [-0.4, -0.2) is 36.3 Å². The summed E-state index contributed by atoms with van der Waals surface area (Å²) in [5.74, 6) is -0.490. The number of amides is 2. The van der Waals surface area contributed by atoms with E-state index in [2.05, 4.69) is 5.32 Å². The Morgan fingerprint density at radius 1 is 1.29 bits per heavy atom. The maximum atomic E-state index is 12.6. The van der Waals surface area contributed by atoms with Crippen molar-refractivity contribution < 1.29 is 9.59 Å². The molecule has 0 atom stereocenters. The summed E-state index contributed by atoms with van der Waals surface area (Å²) >= 11 is 6.06. The summed E-state index contributed by atoms with van der Waals surface area (Å²) in [6.07, 6.45) is 1.60. The fourth-order valence-electron chi connectivity index (χ4n) is 1.94. The largest absolute Gasteiger partial charge is 0.398 e. The molecule has 0 unspecified atom stereocenters. The molecule has 1 aromatic rings. The summed E-state index contributed by atoms with van der Waals surface area (Å²) < 4.78 is 0. The first-order valence-corrected chi connectivity index (χ1v) is 7.49. The summed E-state index contributed by atoms with van der Waals surface area (Å²) in [4.78, 5) is 25.9. The third-order valence-corrected chi connectivity index (χ3v) is 3.26. The number of halogens is 1. The molecule has 0 aliphatic rings. The monoisotopic (exact) mass is 311 g/mol. The summed E-state index contributed by atoms with van der Waals surface area (Å²) in [6.45, 7) is 5.00. The van der Waals surface area contributed by atoms with Gasteiger partial charge in [0.2, 0.25) is 5.91 Å². The van der Waals surface area contributed by atoms with Crippen molar-refractivity contribution in [3.05, 3.63) is 28.8 Å². The molecule has 0 fully saturated rings. The van der Waals surface area contributed by atoms with Crippen molar-refractivity contribution in [1.29, 1.82) is 0 Å². The van der Waals surface area contributed by atoms with Gasteiger partial charge in [0.1, 0.15) is 0 Å². The van der Waals surface area contributed by atoms with Crippen LogP contribution in [-0.2, 0) is 4.79 Å². The number of anilines is 1. The third kappa shape index (κ3) is 4.93. The van der Waals surface area contributed by atoms with E-state index in [1.165, 1.54) is 4.90 Å². The van der Waals surface area contributed by atoms with Crippen LogP contribution in [0.25, 0.3) is 0 Å². The van der Waals surface area contributed by atoms with Crippen LogP contribution >= 0.6 is 11.6 Å². The molecule has 0 heterocycles. The van der Waals surface area contributed by atoms with Gasteiger partial charge in [-0.05, 0) is 25.0 Å². The minimum atomic E-state index is -0.313. The van der Waals surface area contributed by atoms with E-state index in [1.807, 2.05) is 13.8 Å². The normalized spacial score (nSPS) is 10.2. The first-order chi connectivity index (χ1) is 10.0. The number of carbonyl (C=O) groups is 2. The highest BCUT2D eigenvalue weighted by molar-refractivity contribution is 6.34. The van der Waals surface area contributed by atoms with Crippen LogP contribution in [0.15, 0.2) is 18.2 Å². The Balaban J connectivity index is 2.89. The Morgan fingerprint density at radius 3 is 2.57 bits per heavy atom. The SMILES string of the molecule is CCCNC(=O)CN(CCC)C(=O)c1c(N)cccc1Cl. The van der Waals surface area contributed by atoms with Crippen LogP contribution in [0.3, 0.4) is 0 Å². The summed E-state index contributed by atoms with van der Waals surface area (Å²) in [6, 6.07) is 4.93. The molecule has 0 saturated carbocycles. The minimum absolute atomic E-state index is 0.0112. The third-order valence-electron chi connectivity index (χ3n) is 2.95. The van der Waals surface area contributed by atoms with Gasteiger partial charge in [-0.2, -0.15) is 0 Å². The second kappa shape index (κ2) is 8.52. The zero-order valence-corrected chi connectivity index (χ0v) is 13.2. The van der Waals surface area contributed by atoms with Crippen molar-refractivity contribution >= 4 is 29.1 Å². The molecular formula is C15H22ClN3O2. The molecule has 0 saturated heterocycles. The molecule has 5 nitrogen and oxygen atoms in total. The lowest BCUT2D eigenvalue weighted by atomic mass is 10.1. The van der Waals surface area contributed by atoms with Crippen LogP contribution in [0.5, 0.6) is 0 Å². The van der Waals surface area contributed by atoms with Crippen LogP contribution < -0.4 is 11.1 Å². The highest BCUT2D eigenvalue weighted by atomic mass is 35.5. The predicted molar refractivity (Wildman–Crippen MR) is 85.4 cm³/mol. The summed E-state index contributed by atoms with van der Waals surface area (Å²) in [5.41, 5.74) is 6.42. The van der Waals surface area contributed by atoms with Gasteiger partial charge in [-0.3, -0.25) is 9.59 Å². The molecule has 1 rings (SSSR count). The van der Waals surface area contributed by atoms with Crippen LogP contribution in [0.1, 0.15) is 37.0 Å². The van der Waals surface area contributed by atoms with Gasteiger partial charge in [-0.25, -0.2) is 0 Å². The molecule has 1 aromatic carbocycles. The van der Waals surface area contributed by atoms with E-state index in [0.29, 0.717) is 23.8 Å². The highest BCUT2D eigenvalue weighted by Gasteiger charge is 2.22. The molecule has 2 amide bonds. The van der Waals surface area contributed by atoms with Gasteiger partial charge in [-0.15, -0.1) is 0 Å². The average molecular weight is 312 g/mol. The van der Waals surface area contributed by atoms with E-state index >= 15 is 0 Å². The van der Waals surface area contributed by atoms with Crippen molar-refractivity contribution in [1.82, 2.24) is 10.2 Å². The molecule has 0 aliphatic heterocycles. The zero-order valence-electron chi connectivity index (χ0n) is 12.5. The van der Waals surface area contributed by atoms with E-state index < -0.39 is 0 Å². The fraction of sp³-hybridized carbons (Fsp3) is 0.467. The van der Waals surface area contributed by atoms with Gasteiger partial charge in [0.25, 0.3) is 5.91 Å². The number of hydrogen-bond acceptors (Lipinski definition) is 3. The number of hydrogen-bond donors (Lipinski definition) is 2. The van der Waals surface area contributed by atoms with Gasteiger partial charge in [0.05, 0.1) is 17.1 Å². The van der Waals surface area contributed by atoms with Crippen molar-refractivity contribution in [3.63, 3.8) is 0 Å². The summed E-state index contributed by atoms with van der Waals surface area (Å²) in [5, 5.41) is 3.06. The molecular weight excluding hydrogens is 290 g/mol. The first kappa shape index (κ1) is 17.3. The molecule has 0 aliphatic carbocycles. The molecule has 6 heteroatoms. The molecule has 0 aromatic heterocycles. The van der Waals surface area contributed by atoms with Crippen LogP contribution in [0.4, 0.5) is 5.69 Å². The first-order valence-electron chi connectivity index (χ1n) is 7.11. The minimum Gasteiger partial charge on any atom is -0.398 e. The molecule has 21 heavy (non-hydrogen) atoms. The lowest BCUT2D eigenvalue weighted by Gasteiger charge is -2.22. The molecule has 0 bridgehead atoms. The maximum absolute atomic E-state index is 12.6. The predicted octanol–water partition coefficient (Wildman–Crippen LogP) is 2.30. The van der Waals surface area contributed by atoms with Crippen molar-refractivity contribution in [3.8, 4) is 0 Å². The van der Waals surface area contributed by atoms with Gasteiger partial charge >= 0.3 is 0 Å². The van der Waals surface area contributed by atoms with Crippen molar-refractivity contribution in [2.45, 2.75) is 26.7 Å². The Hall–Kier alpha value is -1.75. The second-order valence-electron chi connectivity index (χ2n) is 4.78. The quantitative estimate of drug-likeness (QED) is 0.759. The second-order valence-corrected chi connectivity index (χ2v) is 5.19. The Morgan fingerprint density at radius 2 is 2.00 bits per heavy atom. The number of rotatable bonds is 7. The average Bonchev–Trinajstić information content (AvgIpc) is 2.44. The smallest absolute Gasteiger partial charge is 0.257 e. The molecule has 3 N–H and O–H groups in total. The topological polar surface area (TPSA) is 75.4 Å². The molecule has 0 spiro atoms. The van der Waals surface area contributed by atoms with Gasteiger partial charge in [0.15, 0.2) is 0 Å². The number of nitrogens with two attached hydrogens (primary N) is 1. The van der Waals surface area contributed by atoms with Gasteiger partial charge < -0.3 is 16.0 Å². The number of nitrogens with one attached hydrogen (secondary N) is 1. The Kier molecular flexibility index (Phi) is 7.02. The van der Waals surface area contributed by atoms with E-state index in [9.17, 15) is 9.59 Å². The molecule has 0 radical (unpaired) electrons. The number of nitrogen functional groups attached to an aromatic ring is 1. The summed E-state index contributed by atoms with van der Waals surface area (Å²) in [7, 11) is 0. The lowest BCUT2D eigenvalue weighted by molar-refractivity contribution is -0.121. The van der Waals surface area contributed by atoms with Gasteiger partial charge in [-0.1, -0.05) is 31.5 Å². The number of benzene rings is 1. The molecule has 116 valence electrons. The number of nitrogens with zero attached hydrogens (tertiary/aromatic N) is 1. The van der Waals surface area contributed by atoms with E-state index in [0.717, 1.165) is 12.8 Å².